The van der Waals surface area contributed by atoms with E-state index in [0.717, 1.165) is 62.8 Å². The van der Waals surface area contributed by atoms with Gasteiger partial charge in [0.15, 0.2) is 0 Å². The van der Waals surface area contributed by atoms with E-state index in [1.807, 2.05) is 0 Å². The van der Waals surface area contributed by atoms with Gasteiger partial charge >= 0.3 is 16.5 Å². The van der Waals surface area contributed by atoms with Gasteiger partial charge in [-0.05, 0) is 160 Å². The monoisotopic (exact) mass is 1120 g/mol. The molecule has 0 N–H and O–H groups in total. The minimum Gasteiger partial charge on any atom is -0.493 e. The third-order valence-corrected chi connectivity index (χ3v) is 16.6. The van der Waals surface area contributed by atoms with Crippen molar-refractivity contribution in [3.05, 3.63) is 99.3 Å². The van der Waals surface area contributed by atoms with Gasteiger partial charge in [0.05, 0.1) is 0 Å². The van der Waals surface area contributed by atoms with Gasteiger partial charge in [-0.3, -0.25) is 0 Å². The molecule has 0 spiro atoms. The molecule has 0 fully saturated rings. The van der Waals surface area contributed by atoms with Crippen LogP contribution in [0, 0.1) is 13.8 Å². The van der Waals surface area contributed by atoms with Crippen molar-refractivity contribution >= 4 is 11.4 Å². The largest absolute Gasteiger partial charge is 2.00 e. The second kappa shape index (κ2) is 53.0. The minimum absolute atomic E-state index is 0. The van der Waals surface area contributed by atoms with E-state index in [2.05, 4.69) is 107 Å². The van der Waals surface area contributed by atoms with Crippen molar-refractivity contribution in [2.45, 2.75) is 371 Å². The van der Waals surface area contributed by atoms with E-state index in [0.29, 0.717) is 0 Å². The Hall–Kier alpha value is -1.99. The molecular formula is C75H132N2Ni. The number of unbranched alkanes of at least 4 members (excludes halogenated alkanes) is 29. The molecule has 0 aromatic heterocycles. The van der Waals surface area contributed by atoms with E-state index in [1.54, 1.807) is 38.1 Å². The van der Waals surface area contributed by atoms with Crippen LogP contribution >= 0.6 is 0 Å². The Morgan fingerprint density at radius 3 is 0.756 bits per heavy atom. The summed E-state index contributed by atoms with van der Waals surface area (Å²) in [5.41, 5.74) is 30.0. The van der Waals surface area contributed by atoms with Crippen LogP contribution < -0.4 is 0 Å². The van der Waals surface area contributed by atoms with Crippen molar-refractivity contribution in [1.82, 2.24) is 0 Å². The second-order valence-electron chi connectivity index (χ2n) is 23.8. The Labute approximate surface area is 500 Å². The van der Waals surface area contributed by atoms with Crippen molar-refractivity contribution in [2.75, 3.05) is 0 Å². The summed E-state index contributed by atoms with van der Waals surface area (Å²) < 4.78 is 1.74. The summed E-state index contributed by atoms with van der Waals surface area (Å²) >= 11 is 0. The zero-order valence-electron chi connectivity index (χ0n) is 54.2. The summed E-state index contributed by atoms with van der Waals surface area (Å²) in [4.78, 5) is 0. The van der Waals surface area contributed by atoms with Crippen LogP contribution in [0.15, 0.2) is 35.4 Å². The Kier molecular flexibility index (Phi) is 51.7. The standard InChI is InChI=1S/C53H86N2.2C11H23.Ni/c1-9-17-25-27-29-37-51-50(36-28-26-18-10-2)52(46-38-42(30-19-11-3)48(34-23-15-7)43(39-46)31-20-12-4)55(54)53(51)47-40-44(32-21-13-5)49(35-24-16-8)45(41-47)33-22-14-6;2*1-3-5-7-9-11-10-8-6-4-2;/h38-41H,9-37H2,1-8H3;2*1,3-11H2,2H3;/q;2*-1;+2. The SMILES string of the molecule is CCCCCCCC1=C(c2cc(CCCC)c(CCCC)c(CCCC)c2)[N+](=[N-])C(c2cc(CCCC)c(CCCC)c(CCCC)c2)=C1CCCCCC.[CH2-]CCCCCCCCCC.[CH2-]CCCCCCCCCC.[Ni+2]. The van der Waals surface area contributed by atoms with Gasteiger partial charge in [-0.2, -0.15) is 12.8 Å². The van der Waals surface area contributed by atoms with Crippen LogP contribution in [0.1, 0.15) is 377 Å². The maximum absolute atomic E-state index is 12.9. The van der Waals surface area contributed by atoms with Gasteiger partial charge in [-0.25, -0.2) is 4.70 Å². The molecule has 3 heteroatoms. The molecule has 2 aromatic rings. The molecule has 2 aromatic carbocycles. The minimum atomic E-state index is 0. The number of hydrogen-bond donors (Lipinski definition) is 0. The molecule has 0 unspecified atom stereocenters. The summed E-state index contributed by atoms with van der Waals surface area (Å²) in [5.74, 6) is 0. The number of benzene rings is 2. The van der Waals surface area contributed by atoms with E-state index in [-0.39, 0.29) is 16.5 Å². The Balaban J connectivity index is 0.00000214. The zero-order valence-corrected chi connectivity index (χ0v) is 55.2. The molecule has 0 amide bonds. The van der Waals surface area contributed by atoms with E-state index >= 15 is 0 Å². The fourth-order valence-corrected chi connectivity index (χ4v) is 11.6. The van der Waals surface area contributed by atoms with Crippen molar-refractivity contribution in [3.8, 4) is 0 Å². The molecular weight excluding hydrogens is 988 g/mol. The van der Waals surface area contributed by atoms with E-state index < -0.39 is 0 Å². The predicted molar refractivity (Wildman–Crippen MR) is 349 cm³/mol. The first-order valence-electron chi connectivity index (χ1n) is 34.6. The molecule has 0 saturated carbocycles. The van der Waals surface area contributed by atoms with Crippen molar-refractivity contribution in [2.24, 2.45) is 0 Å². The van der Waals surface area contributed by atoms with Gasteiger partial charge in [0.25, 0.3) is 0 Å². The number of nitrogens with zero attached hydrogens (tertiary/aromatic N) is 2. The fourth-order valence-electron chi connectivity index (χ4n) is 11.6. The number of allylic oxidation sites excluding steroid dienone is 2. The molecule has 1 aliphatic heterocycles. The molecule has 0 atom stereocenters. The van der Waals surface area contributed by atoms with Gasteiger partial charge < -0.3 is 19.4 Å². The Morgan fingerprint density at radius 1 is 0.282 bits per heavy atom. The topological polar surface area (TPSA) is 25.3 Å². The number of aryl methyl sites for hydroxylation is 4. The Morgan fingerprint density at radius 2 is 0.500 bits per heavy atom. The molecule has 1 aliphatic rings. The summed E-state index contributed by atoms with van der Waals surface area (Å²) in [6.45, 7) is 30.8. The predicted octanol–water partition coefficient (Wildman–Crippen LogP) is 25.9. The third-order valence-electron chi connectivity index (χ3n) is 16.6. The first-order valence-corrected chi connectivity index (χ1v) is 34.6. The molecule has 452 valence electrons. The van der Waals surface area contributed by atoms with Crippen molar-refractivity contribution in [3.63, 3.8) is 0 Å². The van der Waals surface area contributed by atoms with E-state index in [9.17, 15) is 5.53 Å². The van der Waals surface area contributed by atoms with Gasteiger partial charge in [0.2, 0.25) is 11.4 Å². The number of hydrogen-bond acceptors (Lipinski definition) is 0. The van der Waals surface area contributed by atoms with Gasteiger partial charge in [0.1, 0.15) is 0 Å². The summed E-state index contributed by atoms with van der Waals surface area (Å²) in [7, 11) is 0. The fraction of sp³-hybridized carbons (Fsp3) is 0.760. The maximum Gasteiger partial charge on any atom is 2.00 e. The smallest absolute Gasteiger partial charge is 0.493 e. The van der Waals surface area contributed by atoms with Gasteiger partial charge in [-0.1, -0.05) is 255 Å². The van der Waals surface area contributed by atoms with Crippen LogP contribution in [0.25, 0.3) is 16.9 Å². The molecule has 0 saturated heterocycles. The van der Waals surface area contributed by atoms with E-state index in [4.69, 9.17) is 0 Å². The van der Waals surface area contributed by atoms with Crippen LogP contribution in [0.2, 0.25) is 0 Å². The van der Waals surface area contributed by atoms with Crippen molar-refractivity contribution < 1.29 is 21.2 Å². The first kappa shape index (κ1) is 76.0. The average Bonchev–Trinajstić information content (AvgIpc) is 3.86. The molecule has 0 radical (unpaired) electrons. The summed E-state index contributed by atoms with van der Waals surface area (Å²) in [6, 6.07) is 10.2. The quantitative estimate of drug-likeness (QED) is 0.0273. The van der Waals surface area contributed by atoms with Gasteiger partial charge in [0, 0.05) is 22.3 Å². The van der Waals surface area contributed by atoms with Crippen LogP contribution in [-0.2, 0) is 55.0 Å². The van der Waals surface area contributed by atoms with Crippen LogP contribution in [0.5, 0.6) is 0 Å². The molecule has 0 bridgehead atoms. The molecule has 2 nitrogen and oxygen atoms in total. The van der Waals surface area contributed by atoms with Crippen LogP contribution in [0.4, 0.5) is 0 Å². The second-order valence-corrected chi connectivity index (χ2v) is 23.8. The molecule has 0 aliphatic carbocycles. The zero-order chi connectivity index (χ0) is 56.6. The third kappa shape index (κ3) is 32.0. The average molecular weight is 1120 g/mol. The van der Waals surface area contributed by atoms with Crippen molar-refractivity contribution in [1.29, 1.82) is 0 Å². The Bertz CT molecular complexity index is 1700. The number of rotatable bonds is 47. The summed E-state index contributed by atoms with van der Waals surface area (Å²) in [5, 5.41) is 0. The first-order chi connectivity index (χ1) is 37.8. The molecule has 78 heavy (non-hydrogen) atoms. The maximum atomic E-state index is 12.9. The summed E-state index contributed by atoms with van der Waals surface area (Å²) in [6.07, 6.45) is 59.8. The van der Waals surface area contributed by atoms with Gasteiger partial charge in [-0.15, -0.1) is 0 Å². The van der Waals surface area contributed by atoms with Crippen LogP contribution in [-0.4, -0.2) is 4.70 Å². The molecule has 3 rings (SSSR count). The van der Waals surface area contributed by atoms with E-state index in [1.165, 1.54) is 273 Å². The molecule has 1 heterocycles. The normalized spacial score (nSPS) is 12.3. The van der Waals surface area contributed by atoms with Crippen LogP contribution in [0.3, 0.4) is 0 Å².